The Balaban J connectivity index is 1.19. The topological polar surface area (TPSA) is 202 Å². The molecule has 3 aromatic heterocycles. The third-order valence-corrected chi connectivity index (χ3v) is 10.4. The first kappa shape index (κ1) is 39.8. The number of anilines is 1. The van der Waals surface area contributed by atoms with Crippen LogP contribution in [0.3, 0.4) is 0 Å². The van der Waals surface area contributed by atoms with Crippen LogP contribution in [0.15, 0.2) is 96.2 Å². The predicted molar refractivity (Wildman–Crippen MR) is 212 cm³/mol. The monoisotopic (exact) mass is 792 g/mol. The fourth-order valence-corrected chi connectivity index (χ4v) is 7.25. The van der Waals surface area contributed by atoms with Gasteiger partial charge >= 0.3 is 5.82 Å². The highest BCUT2D eigenvalue weighted by Gasteiger charge is 2.42. The van der Waals surface area contributed by atoms with Crippen LogP contribution >= 0.6 is 0 Å². The number of aromatic nitrogens is 6. The zero-order valence-electron chi connectivity index (χ0n) is 32.6. The number of methoxy groups -OCH3 is 2. The first-order valence-corrected chi connectivity index (χ1v) is 18.7. The molecule has 3 aromatic carbocycles. The van der Waals surface area contributed by atoms with Gasteiger partial charge in [0.1, 0.15) is 35.6 Å². The Kier molecular flexibility index (Phi) is 11.4. The first-order chi connectivity index (χ1) is 27.9. The maximum atomic E-state index is 13.5. The lowest BCUT2D eigenvalue weighted by molar-refractivity contribution is -0.391. The van der Waals surface area contributed by atoms with E-state index in [-0.39, 0.29) is 54.8 Å². The maximum Gasteiger partial charge on any atom is 0.342 e. The van der Waals surface area contributed by atoms with Gasteiger partial charge in [-0.3, -0.25) is 24.0 Å². The number of H-pyrrole nitrogens is 1. The molecule has 17 nitrogen and oxygen atoms in total. The number of nitro groups is 1. The number of benzene rings is 3. The molecule has 0 spiro atoms. The minimum atomic E-state index is -1.15. The van der Waals surface area contributed by atoms with E-state index in [4.69, 9.17) is 23.9 Å². The van der Waals surface area contributed by atoms with E-state index in [1.165, 1.54) is 22.8 Å². The number of amides is 1. The maximum absolute atomic E-state index is 13.5. The molecule has 3 atom stereocenters. The molecule has 6 aromatic rings. The third-order valence-electron chi connectivity index (χ3n) is 10.4. The summed E-state index contributed by atoms with van der Waals surface area (Å²) in [6.07, 6.45) is 0.242. The van der Waals surface area contributed by atoms with E-state index in [1.807, 2.05) is 78.9 Å². The molecule has 302 valence electrons. The fourth-order valence-electron chi connectivity index (χ4n) is 7.25. The molecule has 58 heavy (non-hydrogen) atoms. The summed E-state index contributed by atoms with van der Waals surface area (Å²) >= 11 is 0. The number of nitrogens with one attached hydrogen (secondary N) is 1. The average Bonchev–Trinajstić information content (AvgIpc) is 3.95. The Morgan fingerprint density at radius 1 is 1.02 bits per heavy atom. The van der Waals surface area contributed by atoms with E-state index in [0.717, 1.165) is 22.9 Å². The zero-order chi connectivity index (χ0) is 41.1. The van der Waals surface area contributed by atoms with Crippen molar-refractivity contribution in [3.8, 4) is 11.5 Å². The summed E-state index contributed by atoms with van der Waals surface area (Å²) in [5.41, 5.74) is 0.880. The number of aliphatic hydroxyl groups excluding tert-OH is 1. The smallest absolute Gasteiger partial charge is 0.342 e. The van der Waals surface area contributed by atoms with E-state index in [0.29, 0.717) is 17.3 Å². The SMILES string of the molecule is COc1ccc(C(OC[C@H]2O[C@@H](n3cnc4c(=O)[nH]c(N(CCc5ncc([N+](=O)[O-])n5C)C(=O)C(C)C)nc43)C[C@@H]2O)(c2ccccc2)c2ccc(OC)cc2)cc1. The minimum Gasteiger partial charge on any atom is -0.497 e. The second kappa shape index (κ2) is 16.6. The molecule has 17 heteroatoms. The van der Waals surface area contributed by atoms with Crippen molar-refractivity contribution in [2.75, 3.05) is 32.3 Å². The van der Waals surface area contributed by atoms with Gasteiger partial charge in [-0.15, -0.1) is 0 Å². The number of aliphatic hydroxyl groups is 1. The van der Waals surface area contributed by atoms with Gasteiger partial charge in [0.25, 0.3) is 5.56 Å². The lowest BCUT2D eigenvalue weighted by atomic mass is 9.80. The number of aromatic amines is 1. The van der Waals surface area contributed by atoms with Crippen LogP contribution in [0.5, 0.6) is 11.5 Å². The van der Waals surface area contributed by atoms with E-state index < -0.39 is 40.4 Å². The molecule has 0 unspecified atom stereocenters. The highest BCUT2D eigenvalue weighted by molar-refractivity contribution is 5.93. The van der Waals surface area contributed by atoms with Gasteiger partial charge in [-0.05, 0) is 45.9 Å². The second-order valence-electron chi connectivity index (χ2n) is 14.2. The van der Waals surface area contributed by atoms with E-state index in [9.17, 15) is 24.8 Å². The third kappa shape index (κ3) is 7.54. The molecule has 0 bridgehead atoms. The summed E-state index contributed by atoms with van der Waals surface area (Å²) in [4.78, 5) is 55.0. The second-order valence-corrected chi connectivity index (χ2v) is 14.2. The molecule has 1 saturated heterocycles. The van der Waals surface area contributed by atoms with Crippen LogP contribution in [0.1, 0.15) is 49.0 Å². The van der Waals surface area contributed by atoms with Crippen molar-refractivity contribution in [2.24, 2.45) is 13.0 Å². The number of fused-ring (bicyclic) bond motifs is 1. The van der Waals surface area contributed by atoms with Gasteiger partial charge in [-0.1, -0.05) is 68.4 Å². The number of ether oxygens (including phenoxy) is 4. The van der Waals surface area contributed by atoms with Crippen LogP contribution in [0.4, 0.5) is 11.8 Å². The van der Waals surface area contributed by atoms with Crippen LogP contribution in [0.2, 0.25) is 0 Å². The molecule has 0 saturated carbocycles. The standard InChI is InChI=1S/C41H44N8O9/c1-25(2)39(52)47(20-19-33-42-22-34(46(33)3)49(53)54)40-44-37-36(38(51)45-40)43-24-48(37)35-21-31(50)32(58-35)23-57-41(26-9-7-6-8-10-26,27-11-15-29(55-4)16-12-27)28-13-17-30(56-5)18-14-28/h6-18,22,24-25,31-32,35,50H,19-21,23H2,1-5H3,(H,44,45,51)/t31-,32+,35+/m0/s1. The predicted octanol–water partition coefficient (Wildman–Crippen LogP) is 4.67. The molecule has 1 aliphatic rings. The van der Waals surface area contributed by atoms with Crippen LogP contribution in [0.25, 0.3) is 11.2 Å². The van der Waals surface area contributed by atoms with Gasteiger partial charge in [-0.2, -0.15) is 4.98 Å². The van der Waals surface area contributed by atoms with Crippen molar-refractivity contribution in [1.29, 1.82) is 0 Å². The average molecular weight is 793 g/mol. The number of carbonyl (C=O) groups excluding carboxylic acids is 1. The number of rotatable bonds is 15. The molecule has 0 aliphatic carbocycles. The molecule has 2 N–H and O–H groups in total. The Hall–Kier alpha value is -6.43. The molecular formula is C41H44N8O9. The van der Waals surface area contributed by atoms with Crippen molar-refractivity contribution in [2.45, 2.75) is 50.7 Å². The van der Waals surface area contributed by atoms with Gasteiger partial charge in [0, 0.05) is 25.3 Å². The van der Waals surface area contributed by atoms with Crippen molar-refractivity contribution in [3.05, 3.63) is 134 Å². The van der Waals surface area contributed by atoms with Crippen molar-refractivity contribution < 1.29 is 33.8 Å². The zero-order valence-corrected chi connectivity index (χ0v) is 32.6. The Morgan fingerprint density at radius 3 is 2.21 bits per heavy atom. The Labute approximate surface area is 333 Å². The fraction of sp³-hybridized carbons (Fsp3) is 0.341. The molecular weight excluding hydrogens is 748 g/mol. The first-order valence-electron chi connectivity index (χ1n) is 18.7. The quantitative estimate of drug-likeness (QED) is 0.0828. The lowest BCUT2D eigenvalue weighted by Gasteiger charge is -2.37. The molecule has 7 rings (SSSR count). The van der Waals surface area contributed by atoms with Crippen molar-refractivity contribution in [1.82, 2.24) is 29.1 Å². The van der Waals surface area contributed by atoms with Crippen LogP contribution in [0, 0.1) is 16.0 Å². The van der Waals surface area contributed by atoms with Gasteiger partial charge in [0.15, 0.2) is 17.0 Å². The van der Waals surface area contributed by atoms with Crippen LogP contribution in [-0.2, 0) is 33.3 Å². The van der Waals surface area contributed by atoms with Crippen LogP contribution < -0.4 is 19.9 Å². The molecule has 0 radical (unpaired) electrons. The van der Waals surface area contributed by atoms with Gasteiger partial charge in [0.05, 0.1) is 40.3 Å². The van der Waals surface area contributed by atoms with Gasteiger partial charge in [-0.25, -0.2) is 14.5 Å². The number of hydrogen-bond donors (Lipinski definition) is 2. The summed E-state index contributed by atoms with van der Waals surface area (Å²) in [6.45, 7) is 3.41. The molecule has 1 fully saturated rings. The van der Waals surface area contributed by atoms with Gasteiger partial charge in [0.2, 0.25) is 11.9 Å². The van der Waals surface area contributed by atoms with E-state index in [1.54, 1.807) is 32.6 Å². The van der Waals surface area contributed by atoms with Gasteiger partial charge < -0.3 is 34.2 Å². The minimum absolute atomic E-state index is 0.0142. The largest absolute Gasteiger partial charge is 0.497 e. The number of nitrogens with zero attached hydrogens (tertiary/aromatic N) is 7. The summed E-state index contributed by atoms with van der Waals surface area (Å²) in [5, 5.41) is 22.9. The van der Waals surface area contributed by atoms with Crippen molar-refractivity contribution in [3.63, 3.8) is 0 Å². The van der Waals surface area contributed by atoms with Crippen molar-refractivity contribution >= 4 is 28.8 Å². The summed E-state index contributed by atoms with van der Waals surface area (Å²) < 4.78 is 27.3. The number of carbonyl (C=O) groups is 1. The molecule has 4 heterocycles. The number of hydrogen-bond acceptors (Lipinski definition) is 12. The van der Waals surface area contributed by atoms with E-state index in [2.05, 4.69) is 15.0 Å². The Morgan fingerprint density at radius 2 is 1.64 bits per heavy atom. The highest BCUT2D eigenvalue weighted by atomic mass is 16.6. The highest BCUT2D eigenvalue weighted by Crippen LogP contribution is 2.43. The Bertz CT molecular complexity index is 2400. The lowest BCUT2D eigenvalue weighted by Crippen LogP contribution is -2.38. The molecule has 1 aliphatic heterocycles. The normalized spacial score (nSPS) is 16.8. The summed E-state index contributed by atoms with van der Waals surface area (Å²) in [6, 6.07) is 25.0. The summed E-state index contributed by atoms with van der Waals surface area (Å²) in [5.74, 6) is 0.690. The number of imidazole rings is 2. The van der Waals surface area contributed by atoms with Crippen LogP contribution in [-0.4, -0.2) is 84.6 Å². The summed E-state index contributed by atoms with van der Waals surface area (Å²) in [7, 11) is 4.73. The molecule has 1 amide bonds. The van der Waals surface area contributed by atoms with E-state index >= 15 is 0 Å².